The summed E-state index contributed by atoms with van der Waals surface area (Å²) in [6.45, 7) is 1.96. The van der Waals surface area contributed by atoms with Gasteiger partial charge in [-0.2, -0.15) is 0 Å². The third-order valence-corrected chi connectivity index (χ3v) is 2.78. The summed E-state index contributed by atoms with van der Waals surface area (Å²) in [5, 5.41) is 11.8. The summed E-state index contributed by atoms with van der Waals surface area (Å²) in [6.07, 6.45) is 0. The number of methoxy groups -OCH3 is 1. The van der Waals surface area contributed by atoms with Gasteiger partial charge in [-0.15, -0.1) is 0 Å². The van der Waals surface area contributed by atoms with Gasteiger partial charge in [-0.3, -0.25) is 10.1 Å². The van der Waals surface area contributed by atoms with Gasteiger partial charge in [-0.25, -0.2) is 0 Å². The Morgan fingerprint density at radius 3 is 2.62 bits per heavy atom. The number of ether oxygens (including phenoxy) is 1. The minimum atomic E-state index is -0.430. The molecule has 0 N–H and O–H groups in total. The van der Waals surface area contributed by atoms with E-state index in [9.17, 15) is 10.1 Å². The van der Waals surface area contributed by atoms with Crippen LogP contribution in [0.3, 0.4) is 0 Å². The number of nitro benzene ring substituents is 1. The summed E-state index contributed by atoms with van der Waals surface area (Å²) in [5.41, 5.74) is 1.89. The van der Waals surface area contributed by atoms with E-state index in [1.54, 1.807) is 12.1 Å². The summed E-state index contributed by atoms with van der Waals surface area (Å²) in [7, 11) is 3.32. The molecule has 0 unspecified atom stereocenters. The number of hydrogen-bond donors (Lipinski definition) is 0. The van der Waals surface area contributed by atoms with E-state index in [-0.39, 0.29) is 5.69 Å². The molecular formula is C11H12N2O3. The van der Waals surface area contributed by atoms with E-state index in [2.05, 4.69) is 0 Å². The Labute approximate surface area is 92.4 Å². The fourth-order valence-electron chi connectivity index (χ4n) is 1.80. The molecule has 0 saturated carbocycles. The van der Waals surface area contributed by atoms with E-state index in [1.165, 1.54) is 7.11 Å². The average Bonchev–Trinajstić information content (AvgIpc) is 2.53. The highest BCUT2D eigenvalue weighted by Crippen LogP contribution is 2.32. The Kier molecular flexibility index (Phi) is 2.30. The predicted molar refractivity (Wildman–Crippen MR) is 60.9 cm³/mol. The lowest BCUT2D eigenvalue weighted by Gasteiger charge is -2.03. The molecule has 0 radical (unpaired) electrons. The second-order valence-electron chi connectivity index (χ2n) is 3.68. The average molecular weight is 220 g/mol. The van der Waals surface area contributed by atoms with Gasteiger partial charge in [0.1, 0.15) is 0 Å². The molecule has 0 aliphatic heterocycles. The van der Waals surface area contributed by atoms with Crippen LogP contribution in [-0.4, -0.2) is 16.6 Å². The Balaban J connectivity index is 2.80. The fraction of sp³-hybridized carbons (Fsp3) is 0.273. The van der Waals surface area contributed by atoms with Crippen molar-refractivity contribution in [3.8, 4) is 5.75 Å². The molecule has 84 valence electrons. The number of aromatic nitrogens is 1. The maximum absolute atomic E-state index is 10.9. The topological polar surface area (TPSA) is 57.3 Å². The molecule has 1 aromatic carbocycles. The Morgan fingerprint density at radius 2 is 2.06 bits per heavy atom. The molecule has 0 atom stereocenters. The number of hydrogen-bond acceptors (Lipinski definition) is 3. The molecule has 0 amide bonds. The first-order valence-corrected chi connectivity index (χ1v) is 4.83. The zero-order valence-corrected chi connectivity index (χ0v) is 9.35. The van der Waals surface area contributed by atoms with Gasteiger partial charge in [0.05, 0.1) is 17.5 Å². The Hall–Kier alpha value is -2.04. The lowest BCUT2D eigenvalue weighted by atomic mass is 10.2. The highest BCUT2D eigenvalue weighted by Gasteiger charge is 2.17. The van der Waals surface area contributed by atoms with E-state index < -0.39 is 4.92 Å². The van der Waals surface area contributed by atoms with Gasteiger partial charge < -0.3 is 9.30 Å². The molecule has 0 saturated heterocycles. The molecule has 2 rings (SSSR count). The highest BCUT2D eigenvalue weighted by atomic mass is 16.6. The smallest absolute Gasteiger partial charge is 0.313 e. The maximum Gasteiger partial charge on any atom is 0.313 e. The molecule has 1 aromatic heterocycles. The zero-order chi connectivity index (χ0) is 11.9. The number of aryl methyl sites for hydroxylation is 2. The molecule has 0 bridgehead atoms. The van der Waals surface area contributed by atoms with Gasteiger partial charge in [0.2, 0.25) is 0 Å². The van der Waals surface area contributed by atoms with Gasteiger partial charge in [0.15, 0.2) is 5.75 Å². The second kappa shape index (κ2) is 3.52. The Morgan fingerprint density at radius 1 is 1.38 bits per heavy atom. The number of nitrogens with zero attached hydrogens (tertiary/aromatic N) is 2. The van der Waals surface area contributed by atoms with Crippen LogP contribution in [0.5, 0.6) is 5.75 Å². The van der Waals surface area contributed by atoms with Crippen molar-refractivity contribution in [2.24, 2.45) is 7.05 Å². The molecule has 0 fully saturated rings. The van der Waals surface area contributed by atoms with Crippen molar-refractivity contribution in [3.05, 3.63) is 34.0 Å². The molecule has 1 heterocycles. The lowest BCUT2D eigenvalue weighted by molar-refractivity contribution is -0.385. The van der Waals surface area contributed by atoms with Crippen molar-refractivity contribution < 1.29 is 9.66 Å². The molecule has 5 nitrogen and oxygen atoms in total. The fourth-order valence-corrected chi connectivity index (χ4v) is 1.80. The number of benzene rings is 1. The number of nitro groups is 1. The largest absolute Gasteiger partial charge is 0.490 e. The molecule has 0 aliphatic carbocycles. The second-order valence-corrected chi connectivity index (χ2v) is 3.68. The van der Waals surface area contributed by atoms with E-state index in [0.29, 0.717) is 5.75 Å². The van der Waals surface area contributed by atoms with Crippen molar-refractivity contribution >= 4 is 16.6 Å². The van der Waals surface area contributed by atoms with Crippen LogP contribution in [0, 0.1) is 17.0 Å². The predicted octanol–water partition coefficient (Wildman–Crippen LogP) is 2.40. The molecule has 2 aromatic rings. The molecular weight excluding hydrogens is 208 g/mol. The molecule has 0 aliphatic rings. The number of fused-ring (bicyclic) bond motifs is 1. The van der Waals surface area contributed by atoms with Crippen molar-refractivity contribution in [1.29, 1.82) is 0 Å². The summed E-state index contributed by atoms with van der Waals surface area (Å²) in [5.74, 6) is 0.295. The first kappa shape index (κ1) is 10.5. The van der Waals surface area contributed by atoms with E-state index >= 15 is 0 Å². The first-order valence-electron chi connectivity index (χ1n) is 4.83. The summed E-state index contributed by atoms with van der Waals surface area (Å²) in [4.78, 5) is 10.4. The van der Waals surface area contributed by atoms with Crippen LogP contribution >= 0.6 is 0 Å². The Bertz CT molecular complexity index is 572. The van der Waals surface area contributed by atoms with Crippen molar-refractivity contribution in [3.63, 3.8) is 0 Å². The monoisotopic (exact) mass is 220 g/mol. The van der Waals surface area contributed by atoms with Crippen molar-refractivity contribution in [2.45, 2.75) is 6.92 Å². The van der Waals surface area contributed by atoms with Gasteiger partial charge in [0.25, 0.3) is 0 Å². The summed E-state index contributed by atoms with van der Waals surface area (Å²) in [6, 6.07) is 5.21. The van der Waals surface area contributed by atoms with Crippen LogP contribution in [0.15, 0.2) is 18.2 Å². The molecule has 0 spiro atoms. The van der Waals surface area contributed by atoms with Crippen LogP contribution in [0.2, 0.25) is 0 Å². The van der Waals surface area contributed by atoms with Gasteiger partial charge in [-0.05, 0) is 19.1 Å². The van der Waals surface area contributed by atoms with E-state index in [1.807, 2.05) is 24.6 Å². The van der Waals surface area contributed by atoms with Crippen molar-refractivity contribution in [1.82, 2.24) is 4.57 Å². The van der Waals surface area contributed by atoms with E-state index in [0.717, 1.165) is 16.6 Å². The quantitative estimate of drug-likeness (QED) is 0.576. The highest BCUT2D eigenvalue weighted by molar-refractivity contribution is 5.86. The summed E-state index contributed by atoms with van der Waals surface area (Å²) < 4.78 is 6.93. The van der Waals surface area contributed by atoms with Crippen molar-refractivity contribution in [2.75, 3.05) is 7.11 Å². The molecule has 16 heavy (non-hydrogen) atoms. The molecule has 5 heteroatoms. The van der Waals surface area contributed by atoms with Crippen LogP contribution in [0.4, 0.5) is 5.69 Å². The van der Waals surface area contributed by atoms with Crippen LogP contribution in [0.1, 0.15) is 5.69 Å². The normalized spacial score (nSPS) is 10.7. The van der Waals surface area contributed by atoms with Gasteiger partial charge in [0, 0.05) is 24.2 Å². The van der Waals surface area contributed by atoms with Gasteiger partial charge >= 0.3 is 5.69 Å². The van der Waals surface area contributed by atoms with Crippen LogP contribution in [-0.2, 0) is 7.05 Å². The van der Waals surface area contributed by atoms with Crippen LogP contribution in [0.25, 0.3) is 10.9 Å². The maximum atomic E-state index is 10.9. The first-order chi connectivity index (χ1) is 7.54. The van der Waals surface area contributed by atoms with Gasteiger partial charge in [-0.1, -0.05) is 0 Å². The standard InChI is InChI=1S/C11H12N2O3/c1-7-4-8-5-11(16-3)10(13(14)15)6-9(8)12(7)2/h4-6H,1-3H3. The number of rotatable bonds is 2. The minimum Gasteiger partial charge on any atom is -0.490 e. The van der Waals surface area contributed by atoms with E-state index in [4.69, 9.17) is 4.74 Å². The third-order valence-electron chi connectivity index (χ3n) is 2.78. The summed E-state index contributed by atoms with van der Waals surface area (Å²) >= 11 is 0. The minimum absolute atomic E-state index is 0.00352. The SMILES string of the molecule is COc1cc2cc(C)n(C)c2cc1[N+](=O)[O-]. The van der Waals surface area contributed by atoms with Crippen LogP contribution < -0.4 is 4.74 Å². The lowest BCUT2D eigenvalue weighted by Crippen LogP contribution is -1.95. The third kappa shape index (κ3) is 1.41. The zero-order valence-electron chi connectivity index (χ0n) is 9.35.